The fraction of sp³-hybridized carbons (Fsp3) is 0.154. The van der Waals surface area contributed by atoms with Crippen molar-refractivity contribution in [3.8, 4) is 11.1 Å². The van der Waals surface area contributed by atoms with Gasteiger partial charge in [-0.25, -0.2) is 0 Å². The molecule has 3 nitrogen and oxygen atoms in total. The summed E-state index contributed by atoms with van der Waals surface area (Å²) in [5.41, 5.74) is 12.4. The molecular formula is C39H33NO2Si. The molecule has 1 aromatic heterocycles. The van der Waals surface area contributed by atoms with Crippen molar-refractivity contribution in [2.45, 2.75) is 38.9 Å². The lowest BCUT2D eigenvalue weighted by molar-refractivity contribution is 0.565. The zero-order chi connectivity index (χ0) is 29.7. The number of benzene rings is 5. The molecule has 0 N–H and O–H groups in total. The number of hydrogen-bond acceptors (Lipinski definition) is 3. The van der Waals surface area contributed by atoms with Gasteiger partial charge in [0.2, 0.25) is 0 Å². The van der Waals surface area contributed by atoms with Crippen molar-refractivity contribution in [2.24, 2.45) is 0 Å². The molecule has 6 aromatic rings. The Morgan fingerprint density at radius 2 is 1.28 bits per heavy atom. The summed E-state index contributed by atoms with van der Waals surface area (Å²) in [7, 11) is -1.66. The minimum absolute atomic E-state index is 0.0155. The number of aryl methyl sites for hydroxylation is 2. The van der Waals surface area contributed by atoms with E-state index in [2.05, 4.69) is 122 Å². The van der Waals surface area contributed by atoms with Gasteiger partial charge in [-0.2, -0.15) is 0 Å². The third-order valence-corrected chi connectivity index (χ3v) is 11.4. The summed E-state index contributed by atoms with van der Waals surface area (Å²) >= 11 is 0. The molecule has 0 fully saturated rings. The Labute approximate surface area is 253 Å². The minimum atomic E-state index is -1.66. The first kappa shape index (κ1) is 26.0. The van der Waals surface area contributed by atoms with E-state index in [1.165, 1.54) is 44.1 Å². The molecule has 0 atom stereocenters. The van der Waals surface area contributed by atoms with Gasteiger partial charge in [-0.05, 0) is 71.5 Å². The molecule has 0 radical (unpaired) electrons. The van der Waals surface area contributed by atoms with Crippen LogP contribution in [0.2, 0.25) is 19.6 Å². The second kappa shape index (κ2) is 8.92. The van der Waals surface area contributed by atoms with Crippen LogP contribution in [0.1, 0.15) is 33.6 Å². The summed E-state index contributed by atoms with van der Waals surface area (Å²) in [6.07, 6.45) is 0. The first-order valence-electron chi connectivity index (χ1n) is 15.0. The fourth-order valence-corrected chi connectivity index (χ4v) is 8.58. The summed E-state index contributed by atoms with van der Waals surface area (Å²) in [5, 5.41) is 2.03. The van der Waals surface area contributed by atoms with E-state index in [0.29, 0.717) is 16.7 Å². The lowest BCUT2D eigenvalue weighted by Gasteiger charge is -2.45. The predicted octanol–water partition coefficient (Wildman–Crippen LogP) is 9.10. The van der Waals surface area contributed by atoms with Crippen molar-refractivity contribution in [1.29, 1.82) is 0 Å². The van der Waals surface area contributed by atoms with Gasteiger partial charge in [-0.15, -0.1) is 0 Å². The maximum Gasteiger partial charge on any atom is 0.192 e. The zero-order valence-corrected chi connectivity index (χ0v) is 26.2. The Morgan fingerprint density at radius 1 is 0.651 bits per heavy atom. The molecule has 5 aromatic carbocycles. The maximum absolute atomic E-state index is 12.8. The lowest BCUT2D eigenvalue weighted by atomic mass is 9.64. The minimum Gasteiger partial charge on any atom is -0.461 e. The van der Waals surface area contributed by atoms with Crippen LogP contribution in [0.5, 0.6) is 0 Å². The Kier molecular flexibility index (Phi) is 5.39. The molecule has 0 amide bonds. The molecule has 0 saturated heterocycles. The highest BCUT2D eigenvalue weighted by Gasteiger charge is 2.52. The Balaban J connectivity index is 1.53. The maximum atomic E-state index is 12.8. The quantitative estimate of drug-likeness (QED) is 0.193. The van der Waals surface area contributed by atoms with E-state index in [-0.39, 0.29) is 5.43 Å². The smallest absolute Gasteiger partial charge is 0.192 e. The second-order valence-corrected chi connectivity index (χ2v) is 18.2. The van der Waals surface area contributed by atoms with Gasteiger partial charge >= 0.3 is 0 Å². The third-order valence-electron chi connectivity index (χ3n) is 9.35. The topological polar surface area (TPSA) is 33.5 Å². The van der Waals surface area contributed by atoms with Crippen LogP contribution >= 0.6 is 0 Å². The van der Waals surface area contributed by atoms with E-state index in [9.17, 15) is 4.79 Å². The van der Waals surface area contributed by atoms with Gasteiger partial charge < -0.3 is 9.32 Å². The van der Waals surface area contributed by atoms with E-state index < -0.39 is 13.5 Å². The molecule has 43 heavy (non-hydrogen) atoms. The van der Waals surface area contributed by atoms with Gasteiger partial charge in [0.1, 0.15) is 11.3 Å². The zero-order valence-electron chi connectivity index (χ0n) is 25.2. The average Bonchev–Trinajstić information content (AvgIpc) is 3.28. The number of fused-ring (bicyclic) bond motifs is 10. The molecule has 1 aliphatic heterocycles. The van der Waals surface area contributed by atoms with Gasteiger partial charge in [0.05, 0.1) is 30.2 Å². The third kappa shape index (κ3) is 3.56. The van der Waals surface area contributed by atoms with Crippen molar-refractivity contribution in [3.05, 3.63) is 153 Å². The molecule has 0 bridgehead atoms. The highest BCUT2D eigenvalue weighted by molar-refractivity contribution is 6.88. The first-order valence-corrected chi connectivity index (χ1v) is 18.5. The summed E-state index contributed by atoms with van der Waals surface area (Å²) in [4.78, 5) is 15.2. The SMILES string of the molecule is Cc1ccc2c(c1)C1(c3ccccc3-c3ccccc31)c1cc([Si](C)(C)C)ccc1N2c1ccc2c(=O)cc(C)oc2c1. The predicted molar refractivity (Wildman–Crippen MR) is 180 cm³/mol. The molecule has 1 spiro atoms. The molecular weight excluding hydrogens is 543 g/mol. The van der Waals surface area contributed by atoms with Gasteiger partial charge in [-0.3, -0.25) is 4.79 Å². The molecule has 2 heterocycles. The molecule has 210 valence electrons. The van der Waals surface area contributed by atoms with E-state index in [1.807, 2.05) is 19.1 Å². The number of hydrogen-bond donors (Lipinski definition) is 0. The van der Waals surface area contributed by atoms with Gasteiger partial charge in [-0.1, -0.05) is 103 Å². The molecule has 2 aliphatic rings. The first-order chi connectivity index (χ1) is 20.7. The second-order valence-electron chi connectivity index (χ2n) is 13.1. The van der Waals surface area contributed by atoms with Crippen LogP contribution in [-0.2, 0) is 5.41 Å². The number of nitrogens with zero attached hydrogens (tertiary/aromatic N) is 1. The standard InChI is InChI=1S/C39H33NO2Si/c1-24-14-18-35-33(20-24)39(31-12-8-6-10-28(31)29-11-7-9-13-32(29)39)34-23-27(43(3,4)5)16-19-36(34)40(35)26-15-17-30-37(41)21-25(2)42-38(30)22-26/h6-23H,1-5H3. The highest BCUT2D eigenvalue weighted by atomic mass is 28.3. The largest absolute Gasteiger partial charge is 0.461 e. The van der Waals surface area contributed by atoms with E-state index in [4.69, 9.17) is 4.42 Å². The fourth-order valence-electron chi connectivity index (χ4n) is 7.41. The van der Waals surface area contributed by atoms with Crippen molar-refractivity contribution in [1.82, 2.24) is 0 Å². The van der Waals surface area contributed by atoms with E-state index in [0.717, 1.165) is 17.1 Å². The monoisotopic (exact) mass is 575 g/mol. The van der Waals surface area contributed by atoms with Crippen LogP contribution < -0.4 is 15.5 Å². The molecule has 0 unspecified atom stereocenters. The van der Waals surface area contributed by atoms with Crippen molar-refractivity contribution < 1.29 is 4.42 Å². The highest BCUT2D eigenvalue weighted by Crippen LogP contribution is 2.63. The molecule has 8 rings (SSSR count). The Bertz CT molecular complexity index is 2140. The number of anilines is 3. The van der Waals surface area contributed by atoms with Gasteiger partial charge in [0, 0.05) is 17.8 Å². The summed E-state index contributed by atoms with van der Waals surface area (Å²) in [6, 6.07) is 39.5. The van der Waals surface area contributed by atoms with Crippen LogP contribution in [0.15, 0.2) is 118 Å². The van der Waals surface area contributed by atoms with Crippen molar-refractivity contribution in [3.63, 3.8) is 0 Å². The summed E-state index contributed by atoms with van der Waals surface area (Å²) in [6.45, 7) is 11.3. The Morgan fingerprint density at radius 3 is 1.95 bits per heavy atom. The Hall–Kier alpha value is -4.67. The van der Waals surface area contributed by atoms with E-state index in [1.54, 1.807) is 6.07 Å². The molecule has 0 saturated carbocycles. The van der Waals surface area contributed by atoms with E-state index >= 15 is 0 Å². The van der Waals surface area contributed by atoms with Crippen LogP contribution in [0, 0.1) is 13.8 Å². The van der Waals surface area contributed by atoms with Crippen molar-refractivity contribution >= 4 is 41.3 Å². The summed E-state index contributed by atoms with van der Waals surface area (Å²) in [5.74, 6) is 0.614. The summed E-state index contributed by atoms with van der Waals surface area (Å²) < 4.78 is 6.10. The van der Waals surface area contributed by atoms with Crippen LogP contribution in [0.25, 0.3) is 22.1 Å². The van der Waals surface area contributed by atoms with Crippen LogP contribution in [0.3, 0.4) is 0 Å². The molecule has 1 aliphatic carbocycles. The lowest BCUT2D eigenvalue weighted by Crippen LogP contribution is -2.42. The van der Waals surface area contributed by atoms with Crippen LogP contribution in [-0.4, -0.2) is 8.07 Å². The van der Waals surface area contributed by atoms with Gasteiger partial charge in [0.25, 0.3) is 0 Å². The average molecular weight is 576 g/mol. The van der Waals surface area contributed by atoms with Crippen LogP contribution in [0.4, 0.5) is 17.1 Å². The van der Waals surface area contributed by atoms with Crippen molar-refractivity contribution in [2.75, 3.05) is 4.90 Å². The molecule has 4 heteroatoms. The van der Waals surface area contributed by atoms with Gasteiger partial charge in [0.15, 0.2) is 5.43 Å². The number of rotatable bonds is 2. The normalized spacial score (nSPS) is 14.4.